The van der Waals surface area contributed by atoms with Gasteiger partial charge < -0.3 is 0 Å². The first-order chi connectivity index (χ1) is 24.4. The predicted molar refractivity (Wildman–Crippen MR) is 224 cm³/mol. The van der Waals surface area contributed by atoms with Gasteiger partial charge in [-0.1, -0.05) is 161 Å². The van der Waals surface area contributed by atoms with Gasteiger partial charge in [0.05, 0.1) is 0 Å². The molecule has 0 saturated carbocycles. The van der Waals surface area contributed by atoms with Crippen molar-refractivity contribution in [2.45, 2.75) is 105 Å². The van der Waals surface area contributed by atoms with Crippen molar-refractivity contribution in [3.8, 4) is 22.3 Å². The molecule has 4 heteroatoms. The van der Waals surface area contributed by atoms with Crippen LogP contribution in [0.4, 0.5) is 0 Å². The van der Waals surface area contributed by atoms with E-state index in [1.165, 1.54) is 130 Å². The standard InChI is InChI=1S/2C22H25.C2H6Si.2ClH.Zr/c2*1-3-4-5-6-8-18-15-20-9-7-10-21(22(20)16-18)19-13-11-17(2)12-14-19;1-3-2;;;/h2*7,9-16H,3-6,8H2,1-2H3;1-2H3;2*1H;/q2*-1;;;;+4/p-2. The number of hydrogen-bond donors (Lipinski definition) is 0. The van der Waals surface area contributed by atoms with Gasteiger partial charge in [0.15, 0.2) is 0 Å². The average Bonchev–Trinajstić information content (AvgIpc) is 3.74. The Morgan fingerprint density at radius 2 is 0.900 bits per heavy atom. The van der Waals surface area contributed by atoms with Crippen molar-refractivity contribution in [2.24, 2.45) is 0 Å². The second-order valence-electron chi connectivity index (χ2n) is 13.3. The van der Waals surface area contributed by atoms with E-state index in [9.17, 15) is 0 Å². The van der Waals surface area contributed by atoms with Crippen LogP contribution in [0.3, 0.4) is 0 Å². The molecule has 0 aromatic heterocycles. The van der Waals surface area contributed by atoms with Crippen LogP contribution in [-0.4, -0.2) is 9.52 Å². The van der Waals surface area contributed by atoms with Crippen molar-refractivity contribution in [2.75, 3.05) is 0 Å². The van der Waals surface area contributed by atoms with E-state index in [1.54, 1.807) is 0 Å². The summed E-state index contributed by atoms with van der Waals surface area (Å²) in [7, 11) is 11.0. The molecule has 0 atom stereocenters. The van der Waals surface area contributed by atoms with Gasteiger partial charge in [-0.2, -0.15) is 12.1 Å². The van der Waals surface area contributed by atoms with Crippen LogP contribution in [0.2, 0.25) is 13.1 Å². The molecule has 2 radical (unpaired) electrons. The molecule has 6 aromatic carbocycles. The summed E-state index contributed by atoms with van der Waals surface area (Å²) in [5, 5.41) is 5.56. The van der Waals surface area contributed by atoms with E-state index in [0.717, 1.165) is 9.52 Å². The van der Waals surface area contributed by atoms with E-state index >= 15 is 0 Å². The molecule has 0 unspecified atom stereocenters. The molecular weight excluding hydrogens is 743 g/mol. The van der Waals surface area contributed by atoms with E-state index in [4.69, 9.17) is 17.0 Å². The molecule has 0 aliphatic carbocycles. The number of fused-ring (bicyclic) bond motifs is 2. The van der Waals surface area contributed by atoms with Gasteiger partial charge in [-0.25, -0.2) is 0 Å². The molecular formula is C46H56Cl2SiZr. The number of rotatable bonds is 12. The first kappa shape index (κ1) is 42.2. The van der Waals surface area contributed by atoms with Gasteiger partial charge in [0.1, 0.15) is 0 Å². The van der Waals surface area contributed by atoms with Crippen LogP contribution in [0.5, 0.6) is 0 Å². The average molecular weight is 799 g/mol. The van der Waals surface area contributed by atoms with Gasteiger partial charge in [-0.3, -0.25) is 0 Å². The van der Waals surface area contributed by atoms with Gasteiger partial charge in [0.25, 0.3) is 0 Å². The van der Waals surface area contributed by atoms with Gasteiger partial charge in [0.2, 0.25) is 0 Å². The maximum absolute atomic E-state index is 4.93. The SMILES string of the molecule is CCCCCCc1cc2c(-c3ccc(C)cc3)cccc2[cH-]1.CCCCCCc1cc2c(-c3ccc(C)cc3)cccc2[cH-]1.C[Si]C.[Cl][Zr+2][Cl]. The second-order valence-corrected chi connectivity index (χ2v) is 18.0. The summed E-state index contributed by atoms with van der Waals surface area (Å²) in [6.45, 7) is 13.1. The first-order valence-electron chi connectivity index (χ1n) is 18.4. The summed E-state index contributed by atoms with van der Waals surface area (Å²) in [5.74, 6) is 0. The molecule has 0 heterocycles. The van der Waals surface area contributed by atoms with Gasteiger partial charge in [0, 0.05) is 9.52 Å². The number of benzene rings is 4. The maximum atomic E-state index is 4.93. The van der Waals surface area contributed by atoms with Crippen molar-refractivity contribution in [1.82, 2.24) is 0 Å². The fraction of sp³-hybridized carbons (Fsp3) is 0.348. The molecule has 0 bridgehead atoms. The molecule has 0 N–H and O–H groups in total. The normalized spacial score (nSPS) is 10.4. The minimum atomic E-state index is -0.826. The quantitative estimate of drug-likeness (QED) is 0.0657. The van der Waals surface area contributed by atoms with Crippen LogP contribution < -0.4 is 0 Å². The molecule has 0 aliphatic heterocycles. The molecule has 262 valence electrons. The van der Waals surface area contributed by atoms with E-state index in [0.29, 0.717) is 0 Å². The number of aryl methyl sites for hydroxylation is 4. The zero-order chi connectivity index (χ0) is 36.1. The molecule has 6 rings (SSSR count). The zero-order valence-corrected chi connectivity index (χ0v) is 36.2. The third-order valence-corrected chi connectivity index (χ3v) is 8.98. The zero-order valence-electron chi connectivity index (χ0n) is 31.2. The molecule has 0 aliphatic rings. The topological polar surface area (TPSA) is 0 Å². The van der Waals surface area contributed by atoms with Crippen LogP contribution in [0.1, 0.15) is 87.5 Å². The molecule has 6 aromatic rings. The molecule has 0 spiro atoms. The fourth-order valence-electron chi connectivity index (χ4n) is 6.36. The van der Waals surface area contributed by atoms with Crippen molar-refractivity contribution in [3.05, 3.63) is 131 Å². The summed E-state index contributed by atoms with van der Waals surface area (Å²) in [5.41, 5.74) is 11.0. The van der Waals surface area contributed by atoms with E-state index in [2.05, 4.69) is 150 Å². The molecule has 0 saturated heterocycles. The summed E-state index contributed by atoms with van der Waals surface area (Å²) in [6.07, 6.45) is 13.1. The van der Waals surface area contributed by atoms with E-state index < -0.39 is 20.8 Å². The number of unbranched alkanes of at least 4 members (excludes halogenated alkanes) is 6. The van der Waals surface area contributed by atoms with Crippen LogP contribution >= 0.6 is 17.0 Å². The van der Waals surface area contributed by atoms with Crippen molar-refractivity contribution < 1.29 is 20.8 Å². The van der Waals surface area contributed by atoms with Crippen LogP contribution in [0.15, 0.2) is 109 Å². The van der Waals surface area contributed by atoms with E-state index in [-0.39, 0.29) is 0 Å². The summed E-state index contributed by atoms with van der Waals surface area (Å²) in [4.78, 5) is 0. The van der Waals surface area contributed by atoms with Crippen LogP contribution in [0, 0.1) is 13.8 Å². The monoisotopic (exact) mass is 796 g/mol. The summed E-state index contributed by atoms with van der Waals surface area (Å²) >= 11 is -0.826. The molecule has 0 amide bonds. The Labute approximate surface area is 325 Å². The van der Waals surface area contributed by atoms with Gasteiger partial charge in [-0.15, -0.1) is 69.1 Å². The van der Waals surface area contributed by atoms with Crippen LogP contribution in [-0.2, 0) is 33.7 Å². The van der Waals surface area contributed by atoms with Crippen molar-refractivity contribution in [3.63, 3.8) is 0 Å². The van der Waals surface area contributed by atoms with Gasteiger partial charge in [-0.05, 0) is 37.8 Å². The molecule has 0 fully saturated rings. The van der Waals surface area contributed by atoms with Gasteiger partial charge >= 0.3 is 37.9 Å². The Hall–Kier alpha value is -2.22. The summed E-state index contributed by atoms with van der Waals surface area (Å²) in [6, 6.07) is 40.6. The Balaban J connectivity index is 0.000000234. The minimum absolute atomic E-state index is 0.826. The predicted octanol–water partition coefficient (Wildman–Crippen LogP) is 15.5. The van der Waals surface area contributed by atoms with E-state index in [1.807, 2.05) is 0 Å². The van der Waals surface area contributed by atoms with Crippen molar-refractivity contribution in [1.29, 1.82) is 0 Å². The fourth-order valence-corrected chi connectivity index (χ4v) is 6.36. The summed E-state index contributed by atoms with van der Waals surface area (Å²) < 4.78 is 0. The third kappa shape index (κ3) is 13.7. The van der Waals surface area contributed by atoms with Crippen LogP contribution in [0.25, 0.3) is 43.8 Å². The first-order valence-corrected chi connectivity index (χ1v) is 26.8. The van der Waals surface area contributed by atoms with Crippen molar-refractivity contribution >= 4 is 48.1 Å². The Kier molecular flexibility index (Phi) is 20.3. The Morgan fingerprint density at radius 1 is 0.540 bits per heavy atom. The molecule has 50 heavy (non-hydrogen) atoms. The third-order valence-electron chi connectivity index (χ3n) is 8.98. The Bertz CT molecular complexity index is 1650. The number of halogens is 2. The Morgan fingerprint density at radius 3 is 1.24 bits per heavy atom. The second kappa shape index (κ2) is 24.1. The number of hydrogen-bond acceptors (Lipinski definition) is 0. The molecule has 0 nitrogen and oxygen atoms in total.